The minimum absolute atomic E-state index is 0.0153. The number of aliphatic hydroxyl groups is 1. The summed E-state index contributed by atoms with van der Waals surface area (Å²) in [5, 5.41) is 12.9. The van der Waals surface area contributed by atoms with Crippen LogP contribution < -0.4 is 5.32 Å². The molecule has 0 spiro atoms. The Bertz CT molecular complexity index is 165. The number of hydrogen-bond donors (Lipinski definition) is 2. The molecule has 1 aliphatic rings. The maximum Gasteiger partial charge on any atom is 0.0613 e. The van der Waals surface area contributed by atoms with Gasteiger partial charge in [-0.2, -0.15) is 0 Å². The first-order chi connectivity index (χ1) is 7.18. The largest absolute Gasteiger partial charge is 0.394 e. The molecule has 3 nitrogen and oxygen atoms in total. The monoisotopic (exact) mass is 215 g/mol. The van der Waals surface area contributed by atoms with Crippen molar-refractivity contribution in [2.75, 3.05) is 19.8 Å². The van der Waals surface area contributed by atoms with Gasteiger partial charge in [0, 0.05) is 12.1 Å². The van der Waals surface area contributed by atoms with E-state index < -0.39 is 0 Å². The standard InChI is InChI=1S/C12H25NO2/c1-11(2)15-9-8-13-12(10-14)6-4-3-5-7-12/h11,13-14H,3-10H2,1-2H3. The zero-order valence-electron chi connectivity index (χ0n) is 10.1. The highest BCUT2D eigenvalue weighted by Crippen LogP contribution is 2.27. The highest BCUT2D eigenvalue weighted by molar-refractivity contribution is 4.90. The Kier molecular flexibility index (Phi) is 5.58. The Hall–Kier alpha value is -0.120. The minimum Gasteiger partial charge on any atom is -0.394 e. The van der Waals surface area contributed by atoms with Crippen LogP contribution in [0.5, 0.6) is 0 Å². The van der Waals surface area contributed by atoms with Crippen molar-refractivity contribution >= 4 is 0 Å². The van der Waals surface area contributed by atoms with E-state index >= 15 is 0 Å². The smallest absolute Gasteiger partial charge is 0.0613 e. The van der Waals surface area contributed by atoms with Crippen molar-refractivity contribution in [3.05, 3.63) is 0 Å². The molecule has 0 aromatic heterocycles. The van der Waals surface area contributed by atoms with Crippen LogP contribution in [0.3, 0.4) is 0 Å². The van der Waals surface area contributed by atoms with E-state index in [2.05, 4.69) is 5.32 Å². The first-order valence-corrected chi connectivity index (χ1v) is 6.16. The molecule has 3 heteroatoms. The van der Waals surface area contributed by atoms with E-state index in [0.717, 1.165) is 26.0 Å². The summed E-state index contributed by atoms with van der Waals surface area (Å²) in [6.45, 7) is 5.93. The van der Waals surface area contributed by atoms with Gasteiger partial charge in [0.15, 0.2) is 0 Å². The number of aliphatic hydroxyl groups excluding tert-OH is 1. The Morgan fingerprint density at radius 1 is 1.27 bits per heavy atom. The van der Waals surface area contributed by atoms with Gasteiger partial charge in [-0.05, 0) is 26.7 Å². The van der Waals surface area contributed by atoms with E-state index in [1.807, 2.05) is 13.8 Å². The molecule has 1 rings (SSSR count). The Morgan fingerprint density at radius 3 is 2.47 bits per heavy atom. The van der Waals surface area contributed by atoms with Crippen LogP contribution in [-0.4, -0.2) is 36.5 Å². The van der Waals surface area contributed by atoms with Gasteiger partial charge in [0.05, 0.1) is 19.3 Å². The van der Waals surface area contributed by atoms with Gasteiger partial charge in [-0.3, -0.25) is 0 Å². The van der Waals surface area contributed by atoms with Gasteiger partial charge in [-0.25, -0.2) is 0 Å². The van der Waals surface area contributed by atoms with E-state index in [1.165, 1.54) is 19.3 Å². The second-order valence-electron chi connectivity index (χ2n) is 4.85. The van der Waals surface area contributed by atoms with Crippen molar-refractivity contribution in [3.63, 3.8) is 0 Å². The Labute approximate surface area is 93.2 Å². The van der Waals surface area contributed by atoms with Crippen LogP contribution in [0, 0.1) is 0 Å². The lowest BCUT2D eigenvalue weighted by Crippen LogP contribution is -2.51. The molecule has 0 saturated heterocycles. The highest BCUT2D eigenvalue weighted by Gasteiger charge is 2.30. The van der Waals surface area contributed by atoms with Crippen LogP contribution >= 0.6 is 0 Å². The molecule has 90 valence electrons. The van der Waals surface area contributed by atoms with Crippen LogP contribution in [0.2, 0.25) is 0 Å². The summed E-state index contributed by atoms with van der Waals surface area (Å²) in [6, 6.07) is 0. The summed E-state index contributed by atoms with van der Waals surface area (Å²) in [5.74, 6) is 0. The highest BCUT2D eigenvalue weighted by atomic mass is 16.5. The van der Waals surface area contributed by atoms with Crippen molar-refractivity contribution in [2.45, 2.75) is 57.6 Å². The number of rotatable bonds is 6. The van der Waals surface area contributed by atoms with E-state index in [4.69, 9.17) is 4.74 Å². The van der Waals surface area contributed by atoms with Crippen LogP contribution in [0.15, 0.2) is 0 Å². The Morgan fingerprint density at radius 2 is 1.93 bits per heavy atom. The molecule has 0 heterocycles. The topological polar surface area (TPSA) is 41.5 Å². The maximum absolute atomic E-state index is 9.45. The van der Waals surface area contributed by atoms with Gasteiger partial charge in [-0.1, -0.05) is 19.3 Å². The molecule has 0 atom stereocenters. The first-order valence-electron chi connectivity index (χ1n) is 6.16. The normalized spacial score (nSPS) is 20.8. The van der Waals surface area contributed by atoms with Crippen LogP contribution in [0.1, 0.15) is 46.0 Å². The lowest BCUT2D eigenvalue weighted by atomic mass is 9.82. The van der Waals surface area contributed by atoms with Crippen LogP contribution in [0.4, 0.5) is 0 Å². The quantitative estimate of drug-likeness (QED) is 0.663. The fourth-order valence-corrected chi connectivity index (χ4v) is 2.23. The third kappa shape index (κ3) is 4.49. The van der Waals surface area contributed by atoms with Crippen LogP contribution in [-0.2, 0) is 4.74 Å². The van der Waals surface area contributed by atoms with Crippen molar-refractivity contribution < 1.29 is 9.84 Å². The molecule has 1 saturated carbocycles. The van der Waals surface area contributed by atoms with Gasteiger partial charge in [-0.15, -0.1) is 0 Å². The summed E-state index contributed by atoms with van der Waals surface area (Å²) in [7, 11) is 0. The van der Waals surface area contributed by atoms with Gasteiger partial charge in [0.1, 0.15) is 0 Å². The lowest BCUT2D eigenvalue weighted by molar-refractivity contribution is 0.0629. The maximum atomic E-state index is 9.45. The zero-order valence-corrected chi connectivity index (χ0v) is 10.1. The molecule has 1 fully saturated rings. The molecule has 0 radical (unpaired) electrons. The second-order valence-corrected chi connectivity index (χ2v) is 4.85. The second kappa shape index (κ2) is 6.46. The fourth-order valence-electron chi connectivity index (χ4n) is 2.23. The summed E-state index contributed by atoms with van der Waals surface area (Å²) < 4.78 is 5.48. The van der Waals surface area contributed by atoms with Crippen molar-refractivity contribution in [3.8, 4) is 0 Å². The third-order valence-electron chi connectivity index (χ3n) is 3.17. The molecule has 0 aliphatic heterocycles. The molecule has 0 unspecified atom stereocenters. The zero-order chi connectivity index (χ0) is 11.1. The SMILES string of the molecule is CC(C)OCCNC1(CO)CCCCC1. The molecule has 0 amide bonds. The predicted molar refractivity (Wildman–Crippen MR) is 62.0 cm³/mol. The summed E-state index contributed by atoms with van der Waals surface area (Å²) in [6.07, 6.45) is 6.28. The summed E-state index contributed by atoms with van der Waals surface area (Å²) >= 11 is 0. The van der Waals surface area contributed by atoms with E-state index in [-0.39, 0.29) is 12.1 Å². The van der Waals surface area contributed by atoms with Crippen molar-refractivity contribution in [1.29, 1.82) is 0 Å². The summed E-state index contributed by atoms with van der Waals surface area (Å²) in [4.78, 5) is 0. The van der Waals surface area contributed by atoms with Gasteiger partial charge >= 0.3 is 0 Å². The minimum atomic E-state index is -0.0153. The number of hydrogen-bond acceptors (Lipinski definition) is 3. The molecule has 2 N–H and O–H groups in total. The Balaban J connectivity index is 2.20. The molecular formula is C12H25NO2. The molecule has 0 bridgehead atoms. The van der Waals surface area contributed by atoms with Gasteiger partial charge in [0.25, 0.3) is 0 Å². The molecule has 1 aliphatic carbocycles. The van der Waals surface area contributed by atoms with Gasteiger partial charge < -0.3 is 15.2 Å². The van der Waals surface area contributed by atoms with E-state index in [0.29, 0.717) is 6.10 Å². The van der Waals surface area contributed by atoms with E-state index in [1.54, 1.807) is 0 Å². The summed E-state index contributed by atoms with van der Waals surface area (Å²) in [5.41, 5.74) is -0.0153. The average molecular weight is 215 g/mol. The van der Waals surface area contributed by atoms with Crippen molar-refractivity contribution in [1.82, 2.24) is 5.32 Å². The van der Waals surface area contributed by atoms with Crippen molar-refractivity contribution in [2.24, 2.45) is 0 Å². The third-order valence-corrected chi connectivity index (χ3v) is 3.17. The average Bonchev–Trinajstić information content (AvgIpc) is 2.26. The first kappa shape index (κ1) is 12.9. The fraction of sp³-hybridized carbons (Fsp3) is 1.00. The van der Waals surface area contributed by atoms with Crippen LogP contribution in [0.25, 0.3) is 0 Å². The van der Waals surface area contributed by atoms with Gasteiger partial charge in [0.2, 0.25) is 0 Å². The predicted octanol–water partition coefficient (Wildman–Crippen LogP) is 1.70. The molecule has 0 aromatic rings. The number of nitrogens with one attached hydrogen (secondary N) is 1. The molecular weight excluding hydrogens is 190 g/mol. The molecule has 0 aromatic carbocycles. The lowest BCUT2D eigenvalue weighted by Gasteiger charge is -2.36. The number of ether oxygens (including phenoxy) is 1. The molecule has 15 heavy (non-hydrogen) atoms. The van der Waals surface area contributed by atoms with E-state index in [9.17, 15) is 5.11 Å².